The lowest BCUT2D eigenvalue weighted by atomic mass is 10.2. The molecule has 0 spiro atoms. The van der Waals surface area contributed by atoms with Crippen molar-refractivity contribution in [2.75, 3.05) is 14.2 Å². The number of thiocarbonyl (C=S) groups is 1. The standard InChI is InChI=1S/C10H11NO2S/c1-12-9-3-4-10(13-2)8(5-9)6-11-7-14/h3-5H,6H2,1-2H3. The van der Waals surface area contributed by atoms with Crippen LogP contribution in [0, 0.1) is 0 Å². The normalized spacial score (nSPS) is 9.00. The van der Waals surface area contributed by atoms with E-state index in [1.165, 1.54) is 0 Å². The molecule has 0 radical (unpaired) electrons. The van der Waals surface area contributed by atoms with Gasteiger partial charge in [-0.05, 0) is 30.4 Å². The van der Waals surface area contributed by atoms with Crippen LogP contribution in [0.1, 0.15) is 5.56 Å². The summed E-state index contributed by atoms with van der Waals surface area (Å²) in [6, 6.07) is 5.55. The van der Waals surface area contributed by atoms with Crippen molar-refractivity contribution in [3.63, 3.8) is 0 Å². The number of isothiocyanates is 1. The minimum atomic E-state index is 0.462. The zero-order chi connectivity index (χ0) is 10.4. The fourth-order valence-electron chi connectivity index (χ4n) is 1.12. The third kappa shape index (κ3) is 2.55. The van der Waals surface area contributed by atoms with Crippen LogP contribution < -0.4 is 9.47 Å². The molecule has 14 heavy (non-hydrogen) atoms. The Bertz CT molecular complexity index is 359. The first-order chi connectivity index (χ1) is 6.81. The van der Waals surface area contributed by atoms with Gasteiger partial charge in [0.2, 0.25) is 0 Å². The Kier molecular flexibility index (Phi) is 4.11. The highest BCUT2D eigenvalue weighted by Gasteiger charge is 2.03. The van der Waals surface area contributed by atoms with E-state index in [2.05, 4.69) is 22.4 Å². The van der Waals surface area contributed by atoms with Gasteiger partial charge in [-0.3, -0.25) is 0 Å². The Labute approximate surface area is 88.4 Å². The zero-order valence-electron chi connectivity index (χ0n) is 8.11. The molecule has 0 unspecified atom stereocenters. The van der Waals surface area contributed by atoms with E-state index in [1.54, 1.807) is 14.2 Å². The summed E-state index contributed by atoms with van der Waals surface area (Å²) < 4.78 is 10.3. The Morgan fingerprint density at radius 3 is 2.71 bits per heavy atom. The summed E-state index contributed by atoms with van der Waals surface area (Å²) in [7, 11) is 3.24. The Hall–Kier alpha value is -1.38. The number of aliphatic imine (C=N–C) groups is 1. The van der Waals surface area contributed by atoms with Gasteiger partial charge in [-0.25, -0.2) is 4.99 Å². The van der Waals surface area contributed by atoms with Gasteiger partial charge >= 0.3 is 0 Å². The average molecular weight is 209 g/mol. The van der Waals surface area contributed by atoms with Crippen molar-refractivity contribution in [1.29, 1.82) is 0 Å². The summed E-state index contributed by atoms with van der Waals surface area (Å²) >= 11 is 4.50. The van der Waals surface area contributed by atoms with E-state index >= 15 is 0 Å². The van der Waals surface area contributed by atoms with Crippen LogP contribution in [0.4, 0.5) is 0 Å². The molecule has 0 saturated heterocycles. The lowest BCUT2D eigenvalue weighted by molar-refractivity contribution is 0.399. The Morgan fingerprint density at radius 2 is 2.14 bits per heavy atom. The second-order valence-electron chi connectivity index (χ2n) is 2.59. The minimum Gasteiger partial charge on any atom is -0.497 e. The monoisotopic (exact) mass is 209 g/mol. The number of nitrogens with zero attached hydrogens (tertiary/aromatic N) is 1. The lowest BCUT2D eigenvalue weighted by Crippen LogP contribution is -1.92. The fourth-order valence-corrected chi connectivity index (χ4v) is 1.19. The second-order valence-corrected chi connectivity index (χ2v) is 2.77. The first kappa shape index (κ1) is 10.7. The van der Waals surface area contributed by atoms with E-state index in [0.717, 1.165) is 17.1 Å². The first-order valence-electron chi connectivity index (χ1n) is 4.06. The molecule has 0 aliphatic heterocycles. The molecule has 3 nitrogen and oxygen atoms in total. The summed E-state index contributed by atoms with van der Waals surface area (Å²) in [5.74, 6) is 1.56. The quantitative estimate of drug-likeness (QED) is 0.563. The third-order valence-electron chi connectivity index (χ3n) is 1.80. The van der Waals surface area contributed by atoms with Gasteiger partial charge in [-0.2, -0.15) is 0 Å². The van der Waals surface area contributed by atoms with Crippen LogP contribution in [0.5, 0.6) is 11.5 Å². The molecule has 1 aromatic rings. The molecule has 0 atom stereocenters. The van der Waals surface area contributed by atoms with Crippen LogP contribution in [-0.2, 0) is 6.54 Å². The van der Waals surface area contributed by atoms with Crippen molar-refractivity contribution in [2.45, 2.75) is 6.54 Å². The first-order valence-corrected chi connectivity index (χ1v) is 4.47. The summed E-state index contributed by atoms with van der Waals surface area (Å²) in [4.78, 5) is 3.86. The number of rotatable bonds is 4. The van der Waals surface area contributed by atoms with Crippen LogP contribution in [0.3, 0.4) is 0 Å². The SMILES string of the molecule is COc1ccc(OC)c(CN=C=S)c1. The maximum atomic E-state index is 5.16. The van der Waals surface area contributed by atoms with E-state index in [4.69, 9.17) is 9.47 Å². The van der Waals surface area contributed by atoms with E-state index < -0.39 is 0 Å². The molecule has 0 N–H and O–H groups in total. The maximum Gasteiger partial charge on any atom is 0.124 e. The highest BCUT2D eigenvalue weighted by molar-refractivity contribution is 7.78. The summed E-state index contributed by atoms with van der Waals surface area (Å²) in [5, 5.41) is 2.32. The molecule has 4 heteroatoms. The topological polar surface area (TPSA) is 30.8 Å². The van der Waals surface area contributed by atoms with Crippen LogP contribution in [0.15, 0.2) is 23.2 Å². The number of methoxy groups -OCH3 is 2. The molecule has 0 bridgehead atoms. The Balaban J connectivity index is 3.01. The minimum absolute atomic E-state index is 0.462. The van der Waals surface area contributed by atoms with Crippen molar-refractivity contribution in [1.82, 2.24) is 0 Å². The molecule has 0 fully saturated rings. The van der Waals surface area contributed by atoms with Crippen molar-refractivity contribution >= 4 is 17.4 Å². The van der Waals surface area contributed by atoms with E-state index in [-0.39, 0.29) is 0 Å². The highest BCUT2D eigenvalue weighted by Crippen LogP contribution is 2.24. The zero-order valence-corrected chi connectivity index (χ0v) is 8.93. The molecule has 0 amide bonds. The van der Waals surface area contributed by atoms with Crippen molar-refractivity contribution in [3.8, 4) is 11.5 Å². The van der Waals surface area contributed by atoms with Gasteiger partial charge < -0.3 is 9.47 Å². The molecular weight excluding hydrogens is 198 g/mol. The molecule has 74 valence electrons. The Morgan fingerprint density at radius 1 is 1.36 bits per heavy atom. The molecule has 0 heterocycles. The van der Waals surface area contributed by atoms with E-state index in [0.29, 0.717) is 6.54 Å². The molecular formula is C10H11NO2S. The largest absolute Gasteiger partial charge is 0.497 e. The smallest absolute Gasteiger partial charge is 0.124 e. The summed E-state index contributed by atoms with van der Waals surface area (Å²) in [5.41, 5.74) is 0.934. The van der Waals surface area contributed by atoms with Gasteiger partial charge in [0.15, 0.2) is 0 Å². The van der Waals surface area contributed by atoms with Crippen LogP contribution in [0.2, 0.25) is 0 Å². The van der Waals surface area contributed by atoms with Crippen LogP contribution in [0.25, 0.3) is 0 Å². The summed E-state index contributed by atoms with van der Waals surface area (Å²) in [6.07, 6.45) is 0. The number of hydrogen-bond acceptors (Lipinski definition) is 4. The van der Waals surface area contributed by atoms with Crippen LogP contribution in [-0.4, -0.2) is 19.4 Å². The second kappa shape index (κ2) is 5.37. The molecule has 0 saturated carbocycles. The maximum absolute atomic E-state index is 5.16. The van der Waals surface area contributed by atoms with Gasteiger partial charge in [0, 0.05) is 5.56 Å². The number of ether oxygens (including phenoxy) is 2. The number of benzene rings is 1. The van der Waals surface area contributed by atoms with Gasteiger partial charge in [0.25, 0.3) is 0 Å². The van der Waals surface area contributed by atoms with Crippen molar-refractivity contribution in [2.24, 2.45) is 4.99 Å². The third-order valence-corrected chi connectivity index (χ3v) is 1.93. The van der Waals surface area contributed by atoms with Crippen LogP contribution >= 0.6 is 12.2 Å². The van der Waals surface area contributed by atoms with Gasteiger partial charge in [0.05, 0.1) is 25.9 Å². The van der Waals surface area contributed by atoms with Crippen molar-refractivity contribution in [3.05, 3.63) is 23.8 Å². The van der Waals surface area contributed by atoms with Gasteiger partial charge in [-0.1, -0.05) is 0 Å². The molecule has 1 rings (SSSR count). The van der Waals surface area contributed by atoms with E-state index in [1.807, 2.05) is 18.2 Å². The molecule has 0 aliphatic carbocycles. The average Bonchev–Trinajstić information content (AvgIpc) is 2.25. The molecule has 1 aromatic carbocycles. The molecule has 0 aromatic heterocycles. The van der Waals surface area contributed by atoms with Crippen molar-refractivity contribution < 1.29 is 9.47 Å². The predicted molar refractivity (Wildman–Crippen MR) is 58.3 cm³/mol. The highest BCUT2D eigenvalue weighted by atomic mass is 32.1. The van der Waals surface area contributed by atoms with E-state index in [9.17, 15) is 0 Å². The predicted octanol–water partition coefficient (Wildman–Crippen LogP) is 2.31. The lowest BCUT2D eigenvalue weighted by Gasteiger charge is -2.07. The fraction of sp³-hybridized carbons (Fsp3) is 0.300. The summed E-state index contributed by atoms with van der Waals surface area (Å²) in [6.45, 7) is 0.462. The number of hydrogen-bond donors (Lipinski definition) is 0. The van der Waals surface area contributed by atoms with Gasteiger partial charge in [-0.15, -0.1) is 0 Å². The van der Waals surface area contributed by atoms with Gasteiger partial charge in [0.1, 0.15) is 11.5 Å². The molecule has 0 aliphatic rings.